The summed E-state index contributed by atoms with van der Waals surface area (Å²) in [4.78, 5) is 0. The van der Waals surface area contributed by atoms with E-state index < -0.39 is 0 Å². The minimum atomic E-state index is 0.390. The average Bonchev–Trinajstić information content (AvgIpc) is 3.21. The first-order chi connectivity index (χ1) is 9.50. The largest absolute Gasteiger partial charge is 0.497 e. The number of hydrogen-bond acceptors (Lipinski definition) is 2. The Bertz CT molecular complexity index is 441. The number of halogens is 1. The first kappa shape index (κ1) is 15.8. The zero-order chi connectivity index (χ0) is 14.6. The highest BCUT2D eigenvalue weighted by molar-refractivity contribution is 9.10. The molecule has 2 nitrogen and oxygen atoms in total. The molecule has 1 aromatic carbocycles. The van der Waals surface area contributed by atoms with E-state index in [1.807, 2.05) is 6.07 Å². The number of methoxy groups -OCH3 is 1. The van der Waals surface area contributed by atoms with E-state index >= 15 is 0 Å². The van der Waals surface area contributed by atoms with Crippen LogP contribution in [0.2, 0.25) is 0 Å². The number of hydrogen-bond donors (Lipinski definition) is 1. The molecule has 0 aliphatic heterocycles. The molecule has 1 aliphatic rings. The van der Waals surface area contributed by atoms with Crippen molar-refractivity contribution in [1.82, 2.24) is 5.32 Å². The summed E-state index contributed by atoms with van der Waals surface area (Å²) in [5, 5.41) is 3.61. The maximum Gasteiger partial charge on any atom is 0.120 e. The second-order valence-electron chi connectivity index (χ2n) is 6.60. The molecule has 1 aromatic rings. The first-order valence-electron chi connectivity index (χ1n) is 7.56. The van der Waals surface area contributed by atoms with Gasteiger partial charge in [-0.25, -0.2) is 0 Å². The average molecular weight is 340 g/mol. The zero-order valence-electron chi connectivity index (χ0n) is 12.8. The van der Waals surface area contributed by atoms with Crippen LogP contribution < -0.4 is 10.1 Å². The second kappa shape index (κ2) is 6.95. The van der Waals surface area contributed by atoms with Crippen LogP contribution in [0.3, 0.4) is 0 Å². The molecule has 0 atom stereocenters. The summed E-state index contributed by atoms with van der Waals surface area (Å²) in [6.07, 6.45) is 6.32. The van der Waals surface area contributed by atoms with Crippen molar-refractivity contribution in [3.05, 3.63) is 28.2 Å². The van der Waals surface area contributed by atoms with Crippen molar-refractivity contribution in [2.75, 3.05) is 13.7 Å². The number of nitrogens with one attached hydrogen (secondary N) is 1. The molecule has 0 saturated heterocycles. The third-order valence-electron chi connectivity index (χ3n) is 4.14. The highest BCUT2D eigenvalue weighted by Gasteiger charge is 2.23. The molecule has 0 spiro atoms. The van der Waals surface area contributed by atoms with Gasteiger partial charge in [0.1, 0.15) is 5.75 Å². The van der Waals surface area contributed by atoms with Gasteiger partial charge < -0.3 is 10.1 Å². The van der Waals surface area contributed by atoms with Crippen LogP contribution in [0.5, 0.6) is 5.75 Å². The molecule has 1 saturated carbocycles. The highest BCUT2D eigenvalue weighted by atomic mass is 79.9. The van der Waals surface area contributed by atoms with E-state index in [1.54, 1.807) is 7.11 Å². The Morgan fingerprint density at radius 1 is 1.30 bits per heavy atom. The van der Waals surface area contributed by atoms with Crippen molar-refractivity contribution in [1.29, 1.82) is 0 Å². The van der Waals surface area contributed by atoms with Crippen LogP contribution >= 0.6 is 15.9 Å². The molecule has 3 heteroatoms. The maximum atomic E-state index is 5.24. The van der Waals surface area contributed by atoms with Gasteiger partial charge in [0.05, 0.1) is 7.11 Å². The summed E-state index contributed by atoms with van der Waals surface area (Å²) in [6, 6.07) is 7.08. The standard InChI is InChI=1S/C17H26BrNO/c1-17(2,10-11-19-14-5-6-14)9-8-13-4-7-15(20-3)12-16(13)18/h4,7,12,14,19H,5-6,8-11H2,1-3H3. The fourth-order valence-corrected chi connectivity index (χ4v) is 2.91. The predicted octanol–water partition coefficient (Wildman–Crippen LogP) is 4.56. The molecule has 20 heavy (non-hydrogen) atoms. The quantitative estimate of drug-likeness (QED) is 0.749. The van der Waals surface area contributed by atoms with Crippen LogP contribution in [0, 0.1) is 5.41 Å². The monoisotopic (exact) mass is 339 g/mol. The zero-order valence-corrected chi connectivity index (χ0v) is 14.4. The van der Waals surface area contributed by atoms with Gasteiger partial charge in [-0.1, -0.05) is 35.8 Å². The van der Waals surface area contributed by atoms with Crippen LogP contribution in [0.15, 0.2) is 22.7 Å². The number of benzene rings is 1. The Kier molecular flexibility index (Phi) is 5.50. The molecule has 0 bridgehead atoms. The lowest BCUT2D eigenvalue weighted by Gasteiger charge is -2.25. The van der Waals surface area contributed by atoms with Gasteiger partial charge in [-0.3, -0.25) is 0 Å². The minimum absolute atomic E-state index is 0.390. The Hall–Kier alpha value is -0.540. The molecular formula is C17H26BrNO. The van der Waals surface area contributed by atoms with Crippen molar-refractivity contribution in [3.63, 3.8) is 0 Å². The van der Waals surface area contributed by atoms with E-state index in [0.29, 0.717) is 5.41 Å². The third kappa shape index (κ3) is 5.10. The van der Waals surface area contributed by atoms with Gasteiger partial charge in [-0.15, -0.1) is 0 Å². The van der Waals surface area contributed by atoms with Gasteiger partial charge in [0.25, 0.3) is 0 Å². The Morgan fingerprint density at radius 3 is 2.65 bits per heavy atom. The van der Waals surface area contributed by atoms with E-state index in [-0.39, 0.29) is 0 Å². The lowest BCUT2D eigenvalue weighted by atomic mass is 9.83. The van der Waals surface area contributed by atoms with Crippen LogP contribution in [0.25, 0.3) is 0 Å². The van der Waals surface area contributed by atoms with Crippen molar-refractivity contribution >= 4 is 15.9 Å². The summed E-state index contributed by atoms with van der Waals surface area (Å²) in [6.45, 7) is 5.90. The van der Waals surface area contributed by atoms with E-state index in [2.05, 4.69) is 47.2 Å². The van der Waals surface area contributed by atoms with Crippen LogP contribution in [-0.2, 0) is 6.42 Å². The fourth-order valence-electron chi connectivity index (χ4n) is 2.36. The molecule has 112 valence electrons. The normalized spacial score (nSPS) is 15.4. The minimum Gasteiger partial charge on any atom is -0.497 e. The van der Waals surface area contributed by atoms with Crippen LogP contribution in [0.1, 0.15) is 45.1 Å². The third-order valence-corrected chi connectivity index (χ3v) is 4.88. The summed E-state index contributed by atoms with van der Waals surface area (Å²) >= 11 is 3.64. The SMILES string of the molecule is COc1ccc(CCC(C)(C)CCNC2CC2)c(Br)c1. The van der Waals surface area contributed by atoms with Gasteiger partial charge in [0.15, 0.2) is 0 Å². The molecule has 0 radical (unpaired) electrons. The van der Waals surface area contributed by atoms with Crippen molar-refractivity contribution < 1.29 is 4.74 Å². The molecule has 0 heterocycles. The fraction of sp³-hybridized carbons (Fsp3) is 0.647. The van der Waals surface area contributed by atoms with E-state index in [4.69, 9.17) is 4.74 Å². The van der Waals surface area contributed by atoms with Crippen LogP contribution in [-0.4, -0.2) is 19.7 Å². The van der Waals surface area contributed by atoms with Gasteiger partial charge in [0, 0.05) is 10.5 Å². The molecular weight excluding hydrogens is 314 g/mol. The van der Waals surface area contributed by atoms with Crippen molar-refractivity contribution in [2.24, 2.45) is 5.41 Å². The molecule has 2 rings (SSSR count). The van der Waals surface area contributed by atoms with Crippen molar-refractivity contribution in [2.45, 2.75) is 52.0 Å². The summed E-state index contributed by atoms with van der Waals surface area (Å²) in [5.74, 6) is 0.911. The van der Waals surface area contributed by atoms with Gasteiger partial charge in [-0.05, 0) is 61.8 Å². The molecule has 0 amide bonds. The summed E-state index contributed by atoms with van der Waals surface area (Å²) < 4.78 is 6.39. The van der Waals surface area contributed by atoms with E-state index in [0.717, 1.165) is 29.2 Å². The number of rotatable bonds is 8. The maximum absolute atomic E-state index is 5.24. The molecule has 0 aromatic heterocycles. The Balaban J connectivity index is 1.79. The van der Waals surface area contributed by atoms with E-state index in [9.17, 15) is 0 Å². The summed E-state index contributed by atoms with van der Waals surface area (Å²) in [7, 11) is 1.71. The van der Waals surface area contributed by atoms with Gasteiger partial charge in [0.2, 0.25) is 0 Å². The lowest BCUT2D eigenvalue weighted by molar-refractivity contribution is 0.301. The van der Waals surface area contributed by atoms with Crippen molar-refractivity contribution in [3.8, 4) is 5.75 Å². The predicted molar refractivity (Wildman–Crippen MR) is 88.4 cm³/mol. The summed E-state index contributed by atoms with van der Waals surface area (Å²) in [5.41, 5.74) is 1.76. The van der Waals surface area contributed by atoms with Gasteiger partial charge >= 0.3 is 0 Å². The lowest BCUT2D eigenvalue weighted by Crippen LogP contribution is -2.24. The molecule has 0 unspecified atom stereocenters. The smallest absolute Gasteiger partial charge is 0.120 e. The number of aryl methyl sites for hydroxylation is 1. The molecule has 1 N–H and O–H groups in total. The Labute approximate surface area is 131 Å². The topological polar surface area (TPSA) is 21.3 Å². The first-order valence-corrected chi connectivity index (χ1v) is 8.35. The Morgan fingerprint density at radius 2 is 2.05 bits per heavy atom. The molecule has 1 fully saturated rings. The number of ether oxygens (including phenoxy) is 1. The molecule has 1 aliphatic carbocycles. The highest BCUT2D eigenvalue weighted by Crippen LogP contribution is 2.30. The van der Waals surface area contributed by atoms with Crippen LogP contribution in [0.4, 0.5) is 0 Å². The van der Waals surface area contributed by atoms with E-state index in [1.165, 1.54) is 31.2 Å². The van der Waals surface area contributed by atoms with Gasteiger partial charge in [-0.2, -0.15) is 0 Å². The second-order valence-corrected chi connectivity index (χ2v) is 7.45.